The van der Waals surface area contributed by atoms with Crippen LogP contribution >= 0.6 is 0 Å². The van der Waals surface area contributed by atoms with Crippen LogP contribution in [0, 0.1) is 0 Å². The maximum atomic E-state index is 14.7. The maximum Gasteiger partial charge on any atom is 0.388 e. The van der Waals surface area contributed by atoms with Gasteiger partial charge in [-0.2, -0.15) is 13.9 Å². The first-order valence-corrected chi connectivity index (χ1v) is 17.1. The van der Waals surface area contributed by atoms with Gasteiger partial charge in [-0.3, -0.25) is 4.68 Å². The van der Waals surface area contributed by atoms with E-state index < -0.39 is 32.4 Å². The molecule has 4 aromatic heterocycles. The fourth-order valence-electron chi connectivity index (χ4n) is 4.98. The van der Waals surface area contributed by atoms with Gasteiger partial charge in [-0.25, -0.2) is 18.4 Å². The molecule has 5 heterocycles. The summed E-state index contributed by atoms with van der Waals surface area (Å²) in [6, 6.07) is 4.29. The van der Waals surface area contributed by atoms with Crippen LogP contribution < -0.4 is 9.47 Å². The lowest BCUT2D eigenvalue weighted by Crippen LogP contribution is -2.43. The van der Waals surface area contributed by atoms with Crippen molar-refractivity contribution in [3.05, 3.63) is 30.2 Å². The Hall–Kier alpha value is -3.43. The minimum absolute atomic E-state index is 0.0109. The predicted octanol–water partition coefficient (Wildman–Crippen LogP) is 5.95. The number of alkyl halides is 4. The highest BCUT2D eigenvalue weighted by atomic mass is 28.3. The van der Waals surface area contributed by atoms with E-state index in [9.17, 15) is 17.6 Å². The smallest absolute Gasteiger partial charge is 0.388 e. The van der Waals surface area contributed by atoms with E-state index in [-0.39, 0.29) is 48.5 Å². The lowest BCUT2D eigenvalue weighted by atomic mass is 10.00. The molecule has 0 spiro atoms. The number of nitrogens with zero attached hydrogens (tertiary/aromatic N) is 6. The van der Waals surface area contributed by atoms with Crippen molar-refractivity contribution in [2.45, 2.75) is 64.5 Å². The Morgan fingerprint density at radius 3 is 2.57 bits per heavy atom. The van der Waals surface area contributed by atoms with Crippen LogP contribution in [0.25, 0.3) is 33.4 Å². The molecule has 0 saturated heterocycles. The Kier molecular flexibility index (Phi) is 8.11. The molecule has 0 radical (unpaired) electrons. The zero-order chi connectivity index (χ0) is 30.4. The van der Waals surface area contributed by atoms with Crippen molar-refractivity contribution in [3.8, 4) is 34.1 Å². The molecule has 1 aliphatic rings. The van der Waals surface area contributed by atoms with Gasteiger partial charge in [-0.15, -0.1) is 5.10 Å². The van der Waals surface area contributed by atoms with E-state index in [1.54, 1.807) is 36.9 Å². The van der Waals surface area contributed by atoms with Crippen LogP contribution in [-0.2, 0) is 29.8 Å². The quantitative estimate of drug-likeness (QED) is 0.118. The van der Waals surface area contributed by atoms with E-state index in [1.165, 1.54) is 22.7 Å². The van der Waals surface area contributed by atoms with Crippen molar-refractivity contribution >= 4 is 19.1 Å². The van der Waals surface area contributed by atoms with Gasteiger partial charge in [-0.1, -0.05) is 19.6 Å². The number of methoxy groups -OCH3 is 1. The average molecular weight is 611 g/mol. The molecule has 5 rings (SSSR count). The molecule has 228 valence electrons. The van der Waals surface area contributed by atoms with Crippen LogP contribution in [-0.4, -0.2) is 69.7 Å². The van der Waals surface area contributed by atoms with E-state index in [0.29, 0.717) is 23.2 Å². The van der Waals surface area contributed by atoms with E-state index in [0.717, 1.165) is 6.04 Å². The summed E-state index contributed by atoms with van der Waals surface area (Å²) >= 11 is 0. The molecule has 0 N–H and O–H groups in total. The molecule has 0 bridgehead atoms. The molecule has 0 saturated carbocycles. The number of aromatic nitrogens is 6. The average Bonchev–Trinajstić information content (AvgIpc) is 3.55. The largest absolute Gasteiger partial charge is 0.474 e. The lowest BCUT2D eigenvalue weighted by molar-refractivity contribution is -0.0644. The molecule has 42 heavy (non-hydrogen) atoms. The molecule has 15 heteroatoms. The first-order chi connectivity index (χ1) is 19.8. The minimum atomic E-state index is -3.16. The summed E-state index contributed by atoms with van der Waals surface area (Å²) in [7, 11) is 1.63. The van der Waals surface area contributed by atoms with Gasteiger partial charge in [0.15, 0.2) is 0 Å². The summed E-state index contributed by atoms with van der Waals surface area (Å²) in [4.78, 5) is 4.55. The SMILES string of the molecule is CO[C@]1(C)COc2c(-c3c(-c4cn(C)nc4OC(F)F)c4cccnc4n3COCC[Si](C)(C)C)c(C(F)F)nn2C1. The number of fused-ring (bicyclic) bond motifs is 2. The van der Waals surface area contributed by atoms with Crippen LogP contribution in [0.5, 0.6) is 11.8 Å². The molecular formula is C27H34F4N6O4Si. The van der Waals surface area contributed by atoms with Crippen molar-refractivity contribution in [1.29, 1.82) is 0 Å². The van der Waals surface area contributed by atoms with E-state index in [4.69, 9.17) is 18.9 Å². The fraction of sp³-hybridized carbons (Fsp3) is 0.519. The Bertz CT molecular complexity index is 1580. The van der Waals surface area contributed by atoms with Crippen LogP contribution in [0.1, 0.15) is 19.0 Å². The van der Waals surface area contributed by atoms with Crippen molar-refractivity contribution in [3.63, 3.8) is 0 Å². The topological polar surface area (TPSA) is 90.4 Å². The predicted molar refractivity (Wildman–Crippen MR) is 150 cm³/mol. The second-order valence-corrected chi connectivity index (χ2v) is 17.4. The summed E-state index contributed by atoms with van der Waals surface area (Å²) in [5.41, 5.74) is -0.202. The third-order valence-corrected chi connectivity index (χ3v) is 8.87. The first-order valence-electron chi connectivity index (χ1n) is 13.4. The summed E-state index contributed by atoms with van der Waals surface area (Å²) < 4.78 is 83.2. The molecule has 0 fully saturated rings. The summed E-state index contributed by atoms with van der Waals surface area (Å²) in [5.74, 6) is -0.253. The number of hydrogen-bond donors (Lipinski definition) is 0. The third-order valence-electron chi connectivity index (χ3n) is 7.17. The summed E-state index contributed by atoms with van der Waals surface area (Å²) in [6.45, 7) is 5.94. The van der Waals surface area contributed by atoms with Crippen LogP contribution in [0.2, 0.25) is 25.7 Å². The van der Waals surface area contributed by atoms with Crippen LogP contribution in [0.4, 0.5) is 17.6 Å². The number of ether oxygens (including phenoxy) is 4. The Balaban J connectivity index is 1.80. The van der Waals surface area contributed by atoms with Crippen molar-refractivity contribution in [1.82, 2.24) is 29.1 Å². The lowest BCUT2D eigenvalue weighted by Gasteiger charge is -2.32. The zero-order valence-corrected chi connectivity index (χ0v) is 25.3. The molecule has 0 aromatic carbocycles. The van der Waals surface area contributed by atoms with Gasteiger partial charge in [0.05, 0.1) is 23.4 Å². The van der Waals surface area contributed by atoms with Gasteiger partial charge >= 0.3 is 6.61 Å². The second kappa shape index (κ2) is 11.3. The summed E-state index contributed by atoms with van der Waals surface area (Å²) in [5, 5.41) is 8.83. The van der Waals surface area contributed by atoms with E-state index in [2.05, 4.69) is 34.8 Å². The van der Waals surface area contributed by atoms with Gasteiger partial charge in [0, 0.05) is 52.2 Å². The number of pyridine rings is 1. The zero-order valence-electron chi connectivity index (χ0n) is 24.3. The van der Waals surface area contributed by atoms with Gasteiger partial charge < -0.3 is 23.5 Å². The van der Waals surface area contributed by atoms with E-state index in [1.807, 2.05) is 0 Å². The Morgan fingerprint density at radius 2 is 1.90 bits per heavy atom. The number of hydrogen-bond acceptors (Lipinski definition) is 7. The Morgan fingerprint density at radius 1 is 1.14 bits per heavy atom. The Labute approximate surface area is 241 Å². The van der Waals surface area contributed by atoms with Gasteiger partial charge in [0.2, 0.25) is 11.8 Å². The summed E-state index contributed by atoms with van der Waals surface area (Å²) in [6.07, 6.45) is 0.0811. The standard InChI is InChI=1S/C27H34F4N6O4Si/c1-27(38-3)13-37-25(40-14-27)19(20(33-37)22(28)29)21-18(17-12-35(2)34-24(17)41-26(30)31)16-8-7-9-32-23(16)36(21)15-39-10-11-42(4,5)6/h7-9,12,22,26H,10-11,13-15H2,1-6H3/t27-/m0/s1. The number of halogens is 4. The normalized spacial score (nSPS) is 17.3. The maximum absolute atomic E-state index is 14.7. The number of aryl methyl sites for hydroxylation is 1. The minimum Gasteiger partial charge on any atom is -0.474 e. The molecule has 1 atom stereocenters. The molecule has 0 aliphatic carbocycles. The molecule has 0 unspecified atom stereocenters. The molecule has 4 aromatic rings. The highest BCUT2D eigenvalue weighted by Gasteiger charge is 2.40. The highest BCUT2D eigenvalue weighted by molar-refractivity contribution is 6.76. The molecule has 0 amide bonds. The molecule has 1 aliphatic heterocycles. The van der Waals surface area contributed by atoms with Crippen molar-refractivity contribution in [2.75, 3.05) is 20.3 Å². The van der Waals surface area contributed by atoms with Gasteiger partial charge in [0.1, 0.15) is 30.3 Å². The van der Waals surface area contributed by atoms with Crippen molar-refractivity contribution < 1.29 is 36.5 Å². The van der Waals surface area contributed by atoms with Gasteiger partial charge in [0.25, 0.3) is 6.43 Å². The van der Waals surface area contributed by atoms with Crippen molar-refractivity contribution in [2.24, 2.45) is 7.05 Å². The van der Waals surface area contributed by atoms with Crippen LogP contribution in [0.15, 0.2) is 24.5 Å². The molecular weight excluding hydrogens is 576 g/mol. The third kappa shape index (κ3) is 5.77. The monoisotopic (exact) mass is 610 g/mol. The highest BCUT2D eigenvalue weighted by Crippen LogP contribution is 2.49. The van der Waals surface area contributed by atoms with Gasteiger partial charge in [-0.05, 0) is 25.1 Å². The number of rotatable bonds is 11. The fourth-order valence-corrected chi connectivity index (χ4v) is 5.74. The molecule has 10 nitrogen and oxygen atoms in total. The first kappa shape index (κ1) is 30.0. The van der Waals surface area contributed by atoms with E-state index >= 15 is 0 Å². The second-order valence-electron chi connectivity index (χ2n) is 11.7. The van der Waals surface area contributed by atoms with Crippen LogP contribution in [0.3, 0.4) is 0 Å².